The Kier molecular flexibility index (Phi) is 6.67. The van der Waals surface area contributed by atoms with Crippen molar-refractivity contribution >= 4 is 22.3 Å². The molecule has 22 heavy (non-hydrogen) atoms. The number of nitrogens with zero attached hydrogens (tertiary/aromatic N) is 2. The molecule has 1 saturated carbocycles. The van der Waals surface area contributed by atoms with Crippen molar-refractivity contribution in [2.45, 2.75) is 19.8 Å². The summed E-state index contributed by atoms with van der Waals surface area (Å²) in [6.07, 6.45) is 2.97. The smallest absolute Gasteiger partial charge is 0.345 e. The fourth-order valence-corrected chi connectivity index (χ4v) is 2.87. The van der Waals surface area contributed by atoms with Gasteiger partial charge in [-0.1, -0.05) is 19.8 Å². The van der Waals surface area contributed by atoms with Crippen molar-refractivity contribution in [3.8, 4) is 0 Å². The predicted molar refractivity (Wildman–Crippen MR) is 90.2 cm³/mol. The Morgan fingerprint density at radius 3 is 2.55 bits per heavy atom. The molecule has 1 aliphatic heterocycles. The van der Waals surface area contributed by atoms with Gasteiger partial charge in [-0.05, 0) is 18.1 Å². The van der Waals surface area contributed by atoms with E-state index in [0.717, 1.165) is 50.3 Å². The number of likely N-dealkylation sites (N-methyl/N-ethyl adjacent to an activating group) is 1. The summed E-state index contributed by atoms with van der Waals surface area (Å²) in [5, 5.41) is 9.88. The van der Waals surface area contributed by atoms with Gasteiger partial charge in [0.2, 0.25) is 0 Å². The molecule has 0 atom stereocenters. The summed E-state index contributed by atoms with van der Waals surface area (Å²) in [5.74, 6) is 0.229. The molecule has 3 rings (SSSR count). The van der Waals surface area contributed by atoms with Crippen molar-refractivity contribution in [1.29, 1.82) is 0 Å². The second-order valence-corrected chi connectivity index (χ2v) is 7.06. The molecule has 6 heteroatoms. The number of ether oxygens (including phenoxy) is 1. The number of hydrogen-bond acceptors (Lipinski definition) is 5. The molecular formula is C16H26N2O3S. The fourth-order valence-electron chi connectivity index (χ4n) is 2.04. The Labute approximate surface area is 136 Å². The van der Waals surface area contributed by atoms with Crippen LogP contribution in [0.15, 0.2) is 12.1 Å². The molecule has 2 fully saturated rings. The largest absolute Gasteiger partial charge is 0.477 e. The van der Waals surface area contributed by atoms with Crippen molar-refractivity contribution in [2.24, 2.45) is 5.92 Å². The second-order valence-electron chi connectivity index (χ2n) is 6.00. The van der Waals surface area contributed by atoms with Crippen molar-refractivity contribution < 1.29 is 14.6 Å². The molecule has 2 aliphatic rings. The summed E-state index contributed by atoms with van der Waals surface area (Å²) in [6.45, 7) is 7.76. The Bertz CT molecular complexity index is 468. The van der Waals surface area contributed by atoms with E-state index >= 15 is 0 Å². The van der Waals surface area contributed by atoms with E-state index < -0.39 is 5.97 Å². The highest BCUT2D eigenvalue weighted by Crippen LogP contribution is 2.26. The molecule has 0 spiro atoms. The topological polar surface area (TPSA) is 53.0 Å². The van der Waals surface area contributed by atoms with E-state index in [4.69, 9.17) is 9.84 Å². The number of thiophene rings is 1. The zero-order valence-electron chi connectivity index (χ0n) is 13.5. The monoisotopic (exact) mass is 326 g/mol. The van der Waals surface area contributed by atoms with Crippen molar-refractivity contribution in [3.05, 3.63) is 17.0 Å². The Balaban J connectivity index is 0.000000381. The van der Waals surface area contributed by atoms with Gasteiger partial charge in [-0.3, -0.25) is 4.90 Å². The molecule has 1 aromatic rings. The minimum atomic E-state index is -0.854. The van der Waals surface area contributed by atoms with Crippen LogP contribution >= 0.6 is 11.3 Å². The molecule has 0 amide bonds. The molecule has 0 aromatic carbocycles. The first-order valence-corrected chi connectivity index (χ1v) is 8.72. The molecule has 0 bridgehead atoms. The maximum Gasteiger partial charge on any atom is 0.345 e. The lowest BCUT2D eigenvalue weighted by atomic mass is 10.4. The van der Waals surface area contributed by atoms with Gasteiger partial charge in [-0.15, -0.1) is 11.3 Å². The third-order valence-electron chi connectivity index (χ3n) is 3.90. The molecule has 1 aliphatic carbocycles. The van der Waals surface area contributed by atoms with Crippen LogP contribution in [0.3, 0.4) is 0 Å². The second kappa shape index (κ2) is 8.50. The lowest BCUT2D eigenvalue weighted by Crippen LogP contribution is -2.40. The lowest BCUT2D eigenvalue weighted by Gasteiger charge is -2.28. The van der Waals surface area contributed by atoms with Crippen LogP contribution in [0, 0.1) is 5.92 Å². The standard InChI is InChI=1S/C12H18N2O3S.C4H8/c1-13(4-5-14-6-8-17-9-7-14)11-3-2-10(18-11)12(15)16;1-4-2-3-4/h2-3H,4-9H2,1H3,(H,15,16);4H,2-3H2,1H3. The summed E-state index contributed by atoms with van der Waals surface area (Å²) < 4.78 is 5.30. The molecule has 1 N–H and O–H groups in total. The normalized spacial score (nSPS) is 18.5. The molecule has 1 saturated heterocycles. The minimum absolute atomic E-state index is 0.392. The number of carboxylic acids is 1. The maximum absolute atomic E-state index is 10.8. The molecular weight excluding hydrogens is 300 g/mol. The number of rotatable bonds is 5. The van der Waals surface area contributed by atoms with Crippen LogP contribution in [-0.2, 0) is 4.74 Å². The molecule has 5 nitrogen and oxygen atoms in total. The summed E-state index contributed by atoms with van der Waals surface area (Å²) in [4.78, 5) is 15.7. The van der Waals surface area contributed by atoms with Crippen LogP contribution < -0.4 is 4.90 Å². The van der Waals surface area contributed by atoms with Crippen LogP contribution in [0.1, 0.15) is 29.4 Å². The molecule has 1 aromatic heterocycles. The van der Waals surface area contributed by atoms with Crippen LogP contribution in [0.4, 0.5) is 5.00 Å². The van der Waals surface area contributed by atoms with Gasteiger partial charge >= 0.3 is 5.97 Å². The van der Waals surface area contributed by atoms with Gasteiger partial charge in [0, 0.05) is 33.2 Å². The van der Waals surface area contributed by atoms with Gasteiger partial charge in [0.15, 0.2) is 0 Å². The van der Waals surface area contributed by atoms with Gasteiger partial charge < -0.3 is 14.7 Å². The molecule has 0 unspecified atom stereocenters. The quantitative estimate of drug-likeness (QED) is 0.901. The zero-order valence-corrected chi connectivity index (χ0v) is 14.3. The van der Waals surface area contributed by atoms with E-state index in [1.165, 1.54) is 24.2 Å². The average Bonchev–Trinajstić information content (AvgIpc) is 3.14. The predicted octanol–water partition coefficient (Wildman–Crippen LogP) is 2.63. The average molecular weight is 326 g/mol. The highest BCUT2D eigenvalue weighted by Gasteiger charge is 2.13. The van der Waals surface area contributed by atoms with Crippen molar-refractivity contribution in [2.75, 3.05) is 51.3 Å². The fraction of sp³-hybridized carbons (Fsp3) is 0.688. The van der Waals surface area contributed by atoms with Gasteiger partial charge in [0.25, 0.3) is 0 Å². The van der Waals surface area contributed by atoms with Gasteiger partial charge in [0.05, 0.1) is 18.2 Å². The van der Waals surface area contributed by atoms with Crippen LogP contribution in [0.25, 0.3) is 0 Å². The summed E-state index contributed by atoms with van der Waals surface area (Å²) in [7, 11) is 2.00. The Hall–Kier alpha value is -1.11. The number of anilines is 1. The number of morpholine rings is 1. The molecule has 2 heterocycles. The van der Waals surface area contributed by atoms with E-state index in [9.17, 15) is 4.79 Å². The van der Waals surface area contributed by atoms with Crippen LogP contribution in [0.2, 0.25) is 0 Å². The first kappa shape index (κ1) is 17.2. The summed E-state index contributed by atoms with van der Waals surface area (Å²) >= 11 is 1.32. The first-order valence-electron chi connectivity index (χ1n) is 7.90. The summed E-state index contributed by atoms with van der Waals surface area (Å²) in [6, 6.07) is 3.53. The highest BCUT2D eigenvalue weighted by atomic mass is 32.1. The third-order valence-corrected chi connectivity index (χ3v) is 5.09. The van der Waals surface area contributed by atoms with Gasteiger partial charge in [0.1, 0.15) is 4.88 Å². The van der Waals surface area contributed by atoms with E-state index in [0.29, 0.717) is 4.88 Å². The SMILES string of the molecule is CC1CC1.CN(CCN1CCOCC1)c1ccc(C(=O)O)s1. The Morgan fingerprint density at radius 2 is 2.05 bits per heavy atom. The minimum Gasteiger partial charge on any atom is -0.477 e. The van der Waals surface area contributed by atoms with Crippen LogP contribution in [-0.4, -0.2) is 62.4 Å². The van der Waals surface area contributed by atoms with Crippen molar-refractivity contribution in [3.63, 3.8) is 0 Å². The first-order chi connectivity index (χ1) is 10.6. The van der Waals surface area contributed by atoms with E-state index in [-0.39, 0.29) is 0 Å². The van der Waals surface area contributed by atoms with Crippen LogP contribution in [0.5, 0.6) is 0 Å². The zero-order chi connectivity index (χ0) is 15.9. The van der Waals surface area contributed by atoms with E-state index in [2.05, 4.69) is 16.7 Å². The van der Waals surface area contributed by atoms with E-state index in [1.807, 2.05) is 13.1 Å². The molecule has 0 radical (unpaired) electrons. The highest BCUT2D eigenvalue weighted by molar-refractivity contribution is 7.17. The Morgan fingerprint density at radius 1 is 1.41 bits per heavy atom. The van der Waals surface area contributed by atoms with Crippen molar-refractivity contribution in [1.82, 2.24) is 4.90 Å². The number of carbonyl (C=O) groups is 1. The maximum atomic E-state index is 10.8. The third kappa shape index (κ3) is 5.94. The van der Waals surface area contributed by atoms with E-state index in [1.54, 1.807) is 6.07 Å². The lowest BCUT2D eigenvalue weighted by molar-refractivity contribution is 0.0393. The van der Waals surface area contributed by atoms with Gasteiger partial charge in [-0.2, -0.15) is 0 Å². The number of hydrogen-bond donors (Lipinski definition) is 1. The van der Waals surface area contributed by atoms with Gasteiger partial charge in [-0.25, -0.2) is 4.79 Å². The number of aromatic carboxylic acids is 1. The molecule has 124 valence electrons. The summed E-state index contributed by atoms with van der Waals surface area (Å²) in [5.41, 5.74) is 0. The number of carboxylic acid groups (broad SMARTS) is 1.